The molecule has 6 nitrogen and oxygen atoms in total. The van der Waals surface area contributed by atoms with Gasteiger partial charge < -0.3 is 10.5 Å². The van der Waals surface area contributed by atoms with E-state index >= 15 is 0 Å². The number of nitrogens with zero attached hydrogens (tertiary/aromatic N) is 4. The van der Waals surface area contributed by atoms with E-state index in [-0.39, 0.29) is 5.96 Å². The second-order valence-corrected chi connectivity index (χ2v) is 7.91. The molecule has 0 amide bonds. The Bertz CT molecular complexity index is 1280. The van der Waals surface area contributed by atoms with E-state index in [0.717, 1.165) is 0 Å². The number of nitrogens with two attached hydrogens (primary N) is 1. The lowest BCUT2D eigenvalue weighted by Gasteiger charge is -2.35. The van der Waals surface area contributed by atoms with Crippen LogP contribution < -0.4 is 10.5 Å². The first-order valence-electron chi connectivity index (χ1n) is 10.3. The average Bonchev–Trinajstić information content (AvgIpc) is 3.11. The predicted octanol–water partition coefficient (Wildman–Crippen LogP) is 3.82. The fourth-order valence-electron chi connectivity index (χ4n) is 4.31. The van der Waals surface area contributed by atoms with Crippen LogP contribution in [0, 0.1) is 5.95 Å². The summed E-state index contributed by atoms with van der Waals surface area (Å²) in [5, 5.41) is 0. The zero-order valence-corrected chi connectivity index (χ0v) is 17.7. The van der Waals surface area contributed by atoms with Gasteiger partial charge in [-0.05, 0) is 47.0 Å². The third kappa shape index (κ3) is 3.40. The van der Waals surface area contributed by atoms with Gasteiger partial charge in [-0.3, -0.25) is 9.89 Å². The predicted molar refractivity (Wildman–Crippen MR) is 119 cm³/mol. The van der Waals surface area contributed by atoms with Gasteiger partial charge in [0.2, 0.25) is 5.95 Å². The van der Waals surface area contributed by atoms with E-state index in [9.17, 15) is 13.2 Å². The minimum absolute atomic E-state index is 0.0538. The van der Waals surface area contributed by atoms with E-state index in [1.165, 1.54) is 11.1 Å². The highest BCUT2D eigenvalue weighted by atomic mass is 19.3. The summed E-state index contributed by atoms with van der Waals surface area (Å²) in [6.45, 7) is -1.29. The summed E-state index contributed by atoms with van der Waals surface area (Å²) in [5.74, 6) is -2.76. The Morgan fingerprint density at radius 1 is 1.03 bits per heavy atom. The van der Waals surface area contributed by atoms with Gasteiger partial charge in [0.1, 0.15) is 18.1 Å². The molecule has 2 aromatic carbocycles. The van der Waals surface area contributed by atoms with Crippen molar-refractivity contribution in [1.82, 2.24) is 9.88 Å². The molecule has 9 heteroatoms. The third-order valence-electron chi connectivity index (χ3n) is 5.85. The molecule has 5 rings (SSSR count). The molecule has 0 saturated heterocycles. The number of fused-ring (bicyclic) bond motifs is 1. The minimum Gasteiger partial charge on any atom is -0.497 e. The molecule has 3 heterocycles. The first kappa shape index (κ1) is 21.0. The standard InChI is InChI=1S/C24H20F3N5O/c1-33-18-9-7-16(8-10-18)24(21-30-13-23(26,27)14-32(21)22(28)31-24)17-5-2-4-15(12-17)19-6-3-11-29-20(19)25/h2-12H,13-14H2,1H3,(H2,28,31). The highest BCUT2D eigenvalue weighted by molar-refractivity contribution is 6.12. The molecule has 168 valence electrons. The summed E-state index contributed by atoms with van der Waals surface area (Å²) in [4.78, 5) is 13.9. The van der Waals surface area contributed by atoms with Crippen molar-refractivity contribution in [2.45, 2.75) is 11.5 Å². The Morgan fingerprint density at radius 2 is 1.82 bits per heavy atom. The van der Waals surface area contributed by atoms with E-state index in [1.807, 2.05) is 0 Å². The molecule has 1 unspecified atom stereocenters. The number of methoxy groups -OCH3 is 1. The Kier molecular flexibility index (Phi) is 4.84. The van der Waals surface area contributed by atoms with Gasteiger partial charge in [0, 0.05) is 11.8 Å². The Morgan fingerprint density at radius 3 is 2.55 bits per heavy atom. The highest BCUT2D eigenvalue weighted by Crippen LogP contribution is 2.44. The summed E-state index contributed by atoms with van der Waals surface area (Å²) in [7, 11) is 1.55. The van der Waals surface area contributed by atoms with Gasteiger partial charge in [0.05, 0.1) is 13.7 Å². The van der Waals surface area contributed by atoms with Crippen LogP contribution in [0.1, 0.15) is 11.1 Å². The van der Waals surface area contributed by atoms with Crippen LogP contribution in [0.2, 0.25) is 0 Å². The second kappa shape index (κ2) is 7.61. The molecule has 0 saturated carbocycles. The zero-order chi connectivity index (χ0) is 23.2. The summed E-state index contributed by atoms with van der Waals surface area (Å²) in [6, 6.07) is 17.5. The zero-order valence-electron chi connectivity index (χ0n) is 17.7. The number of hydrogen-bond acceptors (Lipinski definition) is 6. The van der Waals surface area contributed by atoms with Crippen molar-refractivity contribution in [3.63, 3.8) is 0 Å². The second-order valence-electron chi connectivity index (χ2n) is 7.91. The van der Waals surface area contributed by atoms with Gasteiger partial charge in [-0.1, -0.05) is 30.3 Å². The van der Waals surface area contributed by atoms with Gasteiger partial charge >= 0.3 is 0 Å². The number of amidine groups is 1. The normalized spacial score (nSPS) is 21.3. The molecule has 0 bridgehead atoms. The van der Waals surface area contributed by atoms with Crippen LogP contribution in [-0.4, -0.2) is 47.8 Å². The van der Waals surface area contributed by atoms with Crippen LogP contribution in [0.3, 0.4) is 0 Å². The van der Waals surface area contributed by atoms with Gasteiger partial charge in [0.15, 0.2) is 11.5 Å². The van der Waals surface area contributed by atoms with Crippen LogP contribution in [0.5, 0.6) is 5.75 Å². The van der Waals surface area contributed by atoms with Crippen molar-refractivity contribution in [3.8, 4) is 16.9 Å². The number of halogens is 3. The average molecular weight is 451 g/mol. The van der Waals surface area contributed by atoms with Crippen molar-refractivity contribution < 1.29 is 17.9 Å². The van der Waals surface area contributed by atoms with Crippen LogP contribution in [0.4, 0.5) is 13.2 Å². The van der Waals surface area contributed by atoms with Gasteiger partial charge in [-0.25, -0.2) is 18.8 Å². The number of aromatic nitrogens is 1. The van der Waals surface area contributed by atoms with Crippen LogP contribution in [0.25, 0.3) is 11.1 Å². The van der Waals surface area contributed by atoms with Crippen LogP contribution >= 0.6 is 0 Å². The molecule has 33 heavy (non-hydrogen) atoms. The molecule has 2 aliphatic rings. The molecule has 0 fully saturated rings. The molecule has 0 aliphatic carbocycles. The number of guanidine groups is 1. The molecular weight excluding hydrogens is 431 g/mol. The molecule has 0 radical (unpaired) electrons. The molecule has 1 aromatic heterocycles. The highest BCUT2D eigenvalue weighted by Gasteiger charge is 2.53. The number of aliphatic imine (C=N–C) groups is 2. The quantitative estimate of drug-likeness (QED) is 0.612. The monoisotopic (exact) mass is 451 g/mol. The number of pyridine rings is 1. The van der Waals surface area contributed by atoms with Crippen LogP contribution in [0.15, 0.2) is 76.8 Å². The third-order valence-corrected chi connectivity index (χ3v) is 5.85. The van der Waals surface area contributed by atoms with E-state index in [2.05, 4.69) is 15.0 Å². The van der Waals surface area contributed by atoms with Gasteiger partial charge in [-0.2, -0.15) is 4.39 Å². The summed E-state index contributed by atoms with van der Waals surface area (Å²) in [6.07, 6.45) is 1.37. The fourth-order valence-corrected chi connectivity index (χ4v) is 4.31. The molecule has 3 aromatic rings. The first-order valence-corrected chi connectivity index (χ1v) is 10.3. The SMILES string of the molecule is COc1ccc(C2(c3cccc(-c4cccnc4F)c3)N=C(N)N3CC(F)(F)CN=C32)cc1. The summed E-state index contributed by atoms with van der Waals surface area (Å²) < 4.78 is 48.0. The number of alkyl halides is 2. The maximum Gasteiger partial charge on any atom is 0.284 e. The molecule has 2 aliphatic heterocycles. The van der Waals surface area contributed by atoms with E-state index in [1.54, 1.807) is 67.8 Å². The topological polar surface area (TPSA) is 76.1 Å². The maximum atomic E-state index is 14.4. The molecule has 1 atom stereocenters. The van der Waals surface area contributed by atoms with Gasteiger partial charge in [-0.15, -0.1) is 0 Å². The molecule has 2 N–H and O–H groups in total. The van der Waals surface area contributed by atoms with Crippen LogP contribution in [-0.2, 0) is 5.54 Å². The minimum atomic E-state index is -3.03. The van der Waals surface area contributed by atoms with Crippen molar-refractivity contribution in [2.75, 3.05) is 20.2 Å². The lowest BCUT2D eigenvalue weighted by Crippen LogP contribution is -2.53. The van der Waals surface area contributed by atoms with Crippen molar-refractivity contribution in [2.24, 2.45) is 15.7 Å². The number of benzene rings is 2. The van der Waals surface area contributed by atoms with E-state index < -0.39 is 30.5 Å². The maximum absolute atomic E-state index is 14.4. The summed E-state index contributed by atoms with van der Waals surface area (Å²) >= 11 is 0. The molecular formula is C24H20F3N5O. The fraction of sp³-hybridized carbons (Fsp3) is 0.208. The lowest BCUT2D eigenvalue weighted by atomic mass is 9.81. The molecule has 0 spiro atoms. The van der Waals surface area contributed by atoms with Crippen molar-refractivity contribution in [3.05, 3.63) is 83.9 Å². The summed E-state index contributed by atoms with van der Waals surface area (Å²) in [5.41, 5.74) is 7.05. The Balaban J connectivity index is 1.74. The largest absolute Gasteiger partial charge is 0.497 e. The number of hydrogen-bond donors (Lipinski definition) is 1. The Labute approximate surface area is 188 Å². The Hall–Kier alpha value is -3.88. The number of ether oxygens (including phenoxy) is 1. The van der Waals surface area contributed by atoms with E-state index in [4.69, 9.17) is 10.5 Å². The number of rotatable bonds is 4. The lowest BCUT2D eigenvalue weighted by molar-refractivity contribution is -0.00437. The van der Waals surface area contributed by atoms with Crippen molar-refractivity contribution >= 4 is 11.8 Å². The first-order chi connectivity index (χ1) is 15.8. The van der Waals surface area contributed by atoms with E-state index in [0.29, 0.717) is 33.8 Å². The van der Waals surface area contributed by atoms with Crippen molar-refractivity contribution in [1.29, 1.82) is 0 Å². The smallest absolute Gasteiger partial charge is 0.284 e. The van der Waals surface area contributed by atoms with Gasteiger partial charge in [0.25, 0.3) is 5.92 Å².